The molecule has 0 saturated carbocycles. The smallest absolute Gasteiger partial charge is 0.267 e. The van der Waals surface area contributed by atoms with Crippen molar-refractivity contribution in [1.29, 1.82) is 0 Å². The van der Waals surface area contributed by atoms with Gasteiger partial charge in [0.1, 0.15) is 10.7 Å². The number of rotatable bonds is 5. The molecule has 2 heterocycles. The molecule has 2 rings (SSSR count). The Morgan fingerprint density at radius 3 is 3.10 bits per heavy atom. The lowest BCUT2D eigenvalue weighted by Gasteiger charge is -2.34. The van der Waals surface area contributed by atoms with Crippen molar-refractivity contribution in [3.63, 3.8) is 0 Å². The number of hydrogen-bond donors (Lipinski definition) is 3. The second kappa shape index (κ2) is 7.06. The second-order valence-electron chi connectivity index (χ2n) is 5.24. The topological polar surface area (TPSA) is 101 Å². The number of nitrogens with two attached hydrogens (primary N) is 1. The van der Waals surface area contributed by atoms with Gasteiger partial charge in [0.15, 0.2) is 5.13 Å². The number of anilines is 2. The SMILES string of the molecule is COCCNc1nc(N)c(C(=O)N2CCC(O)C(C)C2)s1. The number of nitrogens with zero attached hydrogens (tertiary/aromatic N) is 2. The van der Waals surface area contributed by atoms with E-state index in [4.69, 9.17) is 10.5 Å². The van der Waals surface area contributed by atoms with E-state index in [1.165, 1.54) is 11.3 Å². The van der Waals surface area contributed by atoms with Gasteiger partial charge < -0.3 is 25.8 Å². The molecule has 0 aromatic carbocycles. The molecule has 1 saturated heterocycles. The van der Waals surface area contributed by atoms with Crippen molar-refractivity contribution in [3.05, 3.63) is 4.88 Å². The Kier molecular flexibility index (Phi) is 5.38. The maximum atomic E-state index is 12.5. The van der Waals surface area contributed by atoms with Crippen LogP contribution in [0.25, 0.3) is 0 Å². The van der Waals surface area contributed by atoms with Crippen molar-refractivity contribution in [2.45, 2.75) is 19.4 Å². The number of aromatic nitrogens is 1. The molecule has 1 amide bonds. The molecule has 0 spiro atoms. The van der Waals surface area contributed by atoms with E-state index in [1.54, 1.807) is 12.0 Å². The monoisotopic (exact) mass is 314 g/mol. The summed E-state index contributed by atoms with van der Waals surface area (Å²) in [7, 11) is 1.62. The molecule has 1 aromatic rings. The predicted octanol–water partition coefficient (Wildman–Crippen LogP) is 0.627. The van der Waals surface area contributed by atoms with Gasteiger partial charge in [-0.2, -0.15) is 0 Å². The molecule has 1 aromatic heterocycles. The van der Waals surface area contributed by atoms with Crippen molar-refractivity contribution in [2.75, 3.05) is 44.4 Å². The van der Waals surface area contributed by atoms with Gasteiger partial charge in [0.25, 0.3) is 5.91 Å². The van der Waals surface area contributed by atoms with Gasteiger partial charge in [0.2, 0.25) is 0 Å². The summed E-state index contributed by atoms with van der Waals surface area (Å²) in [5.41, 5.74) is 5.85. The summed E-state index contributed by atoms with van der Waals surface area (Å²) >= 11 is 1.26. The Morgan fingerprint density at radius 1 is 1.67 bits per heavy atom. The summed E-state index contributed by atoms with van der Waals surface area (Å²) in [5, 5.41) is 13.4. The fourth-order valence-electron chi connectivity index (χ4n) is 2.28. The van der Waals surface area contributed by atoms with Gasteiger partial charge in [0, 0.05) is 26.7 Å². The van der Waals surface area contributed by atoms with Crippen LogP contribution in [0.4, 0.5) is 10.9 Å². The van der Waals surface area contributed by atoms with Crippen LogP contribution < -0.4 is 11.1 Å². The number of nitrogens with one attached hydrogen (secondary N) is 1. The number of thiazole rings is 1. The summed E-state index contributed by atoms with van der Waals surface area (Å²) in [6.07, 6.45) is 0.268. The summed E-state index contributed by atoms with van der Waals surface area (Å²) in [6.45, 7) is 4.21. The van der Waals surface area contributed by atoms with E-state index in [2.05, 4.69) is 10.3 Å². The second-order valence-corrected chi connectivity index (χ2v) is 6.24. The van der Waals surface area contributed by atoms with E-state index in [1.807, 2.05) is 6.92 Å². The number of amides is 1. The summed E-state index contributed by atoms with van der Waals surface area (Å²) < 4.78 is 4.95. The highest BCUT2D eigenvalue weighted by Crippen LogP contribution is 2.28. The standard InChI is InChI=1S/C13H22N4O3S/c1-8-7-17(5-3-9(8)18)12(19)10-11(14)16-13(21-10)15-4-6-20-2/h8-9,18H,3-7,14H2,1-2H3,(H,15,16). The van der Waals surface area contributed by atoms with E-state index >= 15 is 0 Å². The number of ether oxygens (including phenoxy) is 1. The van der Waals surface area contributed by atoms with Crippen LogP contribution in [-0.2, 0) is 4.74 Å². The van der Waals surface area contributed by atoms with Crippen molar-refractivity contribution in [1.82, 2.24) is 9.88 Å². The summed E-state index contributed by atoms with van der Waals surface area (Å²) in [5.74, 6) is 0.225. The zero-order chi connectivity index (χ0) is 15.4. The first-order valence-electron chi connectivity index (χ1n) is 6.99. The van der Waals surface area contributed by atoms with Gasteiger partial charge in [-0.15, -0.1) is 0 Å². The minimum atomic E-state index is -0.334. The molecule has 0 bridgehead atoms. The number of aliphatic hydroxyl groups is 1. The molecule has 1 fully saturated rings. The molecule has 0 radical (unpaired) electrons. The zero-order valence-corrected chi connectivity index (χ0v) is 13.2. The Labute approximate surface area is 128 Å². The van der Waals surface area contributed by atoms with Crippen LogP contribution in [0.15, 0.2) is 0 Å². The number of methoxy groups -OCH3 is 1. The van der Waals surface area contributed by atoms with E-state index < -0.39 is 0 Å². The third-order valence-corrected chi connectivity index (χ3v) is 4.59. The third-order valence-electron chi connectivity index (χ3n) is 3.58. The van der Waals surface area contributed by atoms with Crippen LogP contribution in [0.1, 0.15) is 23.0 Å². The van der Waals surface area contributed by atoms with Crippen LogP contribution in [-0.4, -0.2) is 60.4 Å². The first-order chi connectivity index (χ1) is 10.0. The summed E-state index contributed by atoms with van der Waals surface area (Å²) in [4.78, 5) is 18.9. The van der Waals surface area contributed by atoms with Crippen LogP contribution in [0, 0.1) is 5.92 Å². The first kappa shape index (κ1) is 16.0. The predicted molar refractivity (Wildman–Crippen MR) is 82.6 cm³/mol. The van der Waals surface area contributed by atoms with Gasteiger partial charge >= 0.3 is 0 Å². The van der Waals surface area contributed by atoms with Crippen molar-refractivity contribution in [3.8, 4) is 0 Å². The highest BCUT2D eigenvalue weighted by molar-refractivity contribution is 7.18. The molecule has 1 aliphatic rings. The molecule has 4 N–H and O–H groups in total. The normalized spacial score (nSPS) is 22.3. The minimum Gasteiger partial charge on any atom is -0.393 e. The van der Waals surface area contributed by atoms with Gasteiger partial charge in [-0.05, 0) is 12.3 Å². The molecule has 7 nitrogen and oxygen atoms in total. The number of carbonyl (C=O) groups excluding carboxylic acids is 1. The van der Waals surface area contributed by atoms with Crippen molar-refractivity contribution in [2.24, 2.45) is 5.92 Å². The van der Waals surface area contributed by atoms with Crippen LogP contribution in [0.5, 0.6) is 0 Å². The lowest BCUT2D eigenvalue weighted by Crippen LogP contribution is -2.44. The van der Waals surface area contributed by atoms with Crippen molar-refractivity contribution < 1.29 is 14.6 Å². The van der Waals surface area contributed by atoms with E-state index in [-0.39, 0.29) is 23.7 Å². The van der Waals surface area contributed by atoms with Gasteiger partial charge in [-0.3, -0.25) is 4.79 Å². The molecule has 118 valence electrons. The Bertz CT molecular complexity index is 494. The summed E-state index contributed by atoms with van der Waals surface area (Å²) in [6, 6.07) is 0. The molecular weight excluding hydrogens is 292 g/mol. The molecule has 8 heteroatoms. The number of likely N-dealkylation sites (tertiary alicyclic amines) is 1. The zero-order valence-electron chi connectivity index (χ0n) is 12.3. The lowest BCUT2D eigenvalue weighted by molar-refractivity contribution is 0.0301. The van der Waals surface area contributed by atoms with Gasteiger partial charge in [-0.1, -0.05) is 18.3 Å². The lowest BCUT2D eigenvalue weighted by atomic mass is 9.97. The molecule has 21 heavy (non-hydrogen) atoms. The molecule has 0 aliphatic carbocycles. The fourth-order valence-corrected chi connectivity index (χ4v) is 3.16. The van der Waals surface area contributed by atoms with Crippen LogP contribution >= 0.6 is 11.3 Å². The number of hydrogen-bond acceptors (Lipinski definition) is 7. The third kappa shape index (κ3) is 3.84. The largest absolute Gasteiger partial charge is 0.393 e. The van der Waals surface area contributed by atoms with Gasteiger partial charge in [0.05, 0.1) is 12.7 Å². The van der Waals surface area contributed by atoms with E-state index in [0.29, 0.717) is 42.7 Å². The quantitative estimate of drug-likeness (QED) is 0.689. The Hall–Kier alpha value is -1.38. The molecule has 2 atom stereocenters. The van der Waals surface area contributed by atoms with E-state index in [0.717, 1.165) is 0 Å². The van der Waals surface area contributed by atoms with E-state index in [9.17, 15) is 9.90 Å². The van der Waals surface area contributed by atoms with Crippen LogP contribution in [0.3, 0.4) is 0 Å². The van der Waals surface area contributed by atoms with Crippen molar-refractivity contribution >= 4 is 28.2 Å². The molecule has 1 aliphatic heterocycles. The Balaban J connectivity index is 2.02. The highest BCUT2D eigenvalue weighted by Gasteiger charge is 2.29. The highest BCUT2D eigenvalue weighted by atomic mass is 32.1. The van der Waals surface area contributed by atoms with Crippen LogP contribution in [0.2, 0.25) is 0 Å². The Morgan fingerprint density at radius 2 is 2.43 bits per heavy atom. The minimum absolute atomic E-state index is 0.0798. The fraction of sp³-hybridized carbons (Fsp3) is 0.692. The number of aliphatic hydroxyl groups excluding tert-OH is 1. The molecular formula is C13H22N4O3S. The number of carbonyl (C=O) groups is 1. The first-order valence-corrected chi connectivity index (χ1v) is 7.81. The molecule has 2 unspecified atom stereocenters. The average molecular weight is 314 g/mol. The number of nitrogen functional groups attached to an aromatic ring is 1. The maximum absolute atomic E-state index is 12.5. The number of piperidine rings is 1. The van der Waals surface area contributed by atoms with Gasteiger partial charge in [-0.25, -0.2) is 4.98 Å². The maximum Gasteiger partial charge on any atom is 0.267 e. The average Bonchev–Trinajstić information content (AvgIpc) is 2.82.